The summed E-state index contributed by atoms with van der Waals surface area (Å²) >= 11 is 0. The van der Waals surface area contributed by atoms with E-state index in [-0.39, 0.29) is 0 Å². The molecule has 19 heavy (non-hydrogen) atoms. The van der Waals surface area contributed by atoms with Crippen LogP contribution in [0.4, 0.5) is 0 Å². The zero-order valence-electron chi connectivity index (χ0n) is 11.0. The molecule has 0 aliphatic rings. The van der Waals surface area contributed by atoms with Gasteiger partial charge < -0.3 is 15.2 Å². The van der Waals surface area contributed by atoms with Gasteiger partial charge in [0.05, 0.1) is 12.3 Å². The van der Waals surface area contributed by atoms with E-state index < -0.39 is 0 Å². The van der Waals surface area contributed by atoms with Crippen LogP contribution in [0.1, 0.15) is 18.2 Å². The molecule has 2 rings (SSSR count). The minimum atomic E-state index is 0.443. The maximum absolute atomic E-state index is 5.65. The van der Waals surface area contributed by atoms with E-state index in [1.165, 1.54) is 0 Å². The van der Waals surface area contributed by atoms with Crippen molar-refractivity contribution in [1.29, 1.82) is 0 Å². The summed E-state index contributed by atoms with van der Waals surface area (Å²) in [6, 6.07) is 11.5. The topological polar surface area (TPSA) is 57.4 Å². The highest BCUT2D eigenvalue weighted by Gasteiger charge is 1.99. The molecule has 1 heterocycles. The Kier molecular flexibility index (Phi) is 4.75. The van der Waals surface area contributed by atoms with Crippen LogP contribution in [0.5, 0.6) is 11.5 Å². The molecule has 4 heteroatoms. The molecule has 0 bridgehead atoms. The van der Waals surface area contributed by atoms with Crippen LogP contribution in [0, 0.1) is 0 Å². The van der Waals surface area contributed by atoms with Gasteiger partial charge in [-0.1, -0.05) is 6.07 Å². The molecule has 0 saturated heterocycles. The van der Waals surface area contributed by atoms with E-state index in [4.69, 9.17) is 15.2 Å². The van der Waals surface area contributed by atoms with E-state index in [2.05, 4.69) is 4.98 Å². The maximum Gasteiger partial charge on any atom is 0.130 e. The average Bonchev–Trinajstić information content (AvgIpc) is 2.47. The molecule has 0 spiro atoms. The predicted octanol–water partition coefficient (Wildman–Crippen LogP) is 2.52. The quantitative estimate of drug-likeness (QED) is 0.865. The largest absolute Gasteiger partial charge is 0.494 e. The molecule has 1 aromatic carbocycles. The van der Waals surface area contributed by atoms with Crippen molar-refractivity contribution >= 4 is 0 Å². The second kappa shape index (κ2) is 6.75. The van der Waals surface area contributed by atoms with E-state index in [9.17, 15) is 0 Å². The number of benzene rings is 1. The first-order valence-electron chi connectivity index (χ1n) is 6.31. The van der Waals surface area contributed by atoms with Crippen LogP contribution in [-0.4, -0.2) is 11.6 Å². The molecule has 2 aromatic rings. The van der Waals surface area contributed by atoms with Crippen LogP contribution in [0.15, 0.2) is 42.6 Å². The lowest BCUT2D eigenvalue weighted by atomic mass is 10.2. The highest BCUT2D eigenvalue weighted by Crippen LogP contribution is 2.18. The van der Waals surface area contributed by atoms with E-state index in [1.54, 1.807) is 6.20 Å². The number of nitrogens with zero attached hydrogens (tertiary/aromatic N) is 1. The molecular weight excluding hydrogens is 240 g/mol. The van der Waals surface area contributed by atoms with Gasteiger partial charge in [-0.05, 0) is 42.8 Å². The number of pyridine rings is 1. The molecule has 1 aromatic heterocycles. The minimum Gasteiger partial charge on any atom is -0.494 e. The molecule has 0 fully saturated rings. The first-order chi connectivity index (χ1) is 9.31. The van der Waals surface area contributed by atoms with Crippen LogP contribution in [0.2, 0.25) is 0 Å². The second-order valence-corrected chi connectivity index (χ2v) is 4.06. The highest BCUT2D eigenvalue weighted by molar-refractivity contribution is 5.31. The Morgan fingerprint density at radius 3 is 2.21 bits per heavy atom. The Morgan fingerprint density at radius 2 is 1.68 bits per heavy atom. The number of rotatable bonds is 6. The molecular formula is C15H18N2O2. The van der Waals surface area contributed by atoms with E-state index >= 15 is 0 Å². The van der Waals surface area contributed by atoms with Crippen molar-refractivity contribution in [1.82, 2.24) is 4.98 Å². The van der Waals surface area contributed by atoms with Crippen LogP contribution in [0.25, 0.3) is 0 Å². The Hall–Kier alpha value is -2.07. The maximum atomic E-state index is 5.65. The third-order valence-corrected chi connectivity index (χ3v) is 2.64. The lowest BCUT2D eigenvalue weighted by Gasteiger charge is -2.07. The van der Waals surface area contributed by atoms with Crippen molar-refractivity contribution in [3.05, 3.63) is 53.9 Å². The summed E-state index contributed by atoms with van der Waals surface area (Å²) in [5.74, 6) is 1.65. The number of aromatic nitrogens is 1. The van der Waals surface area contributed by atoms with Crippen molar-refractivity contribution < 1.29 is 9.47 Å². The number of ether oxygens (including phenoxy) is 2. The number of hydrogen-bond donors (Lipinski definition) is 1. The van der Waals surface area contributed by atoms with Gasteiger partial charge in [0.25, 0.3) is 0 Å². The summed E-state index contributed by atoms with van der Waals surface area (Å²) < 4.78 is 11.0. The van der Waals surface area contributed by atoms with Gasteiger partial charge in [0.1, 0.15) is 18.1 Å². The predicted molar refractivity (Wildman–Crippen MR) is 74.1 cm³/mol. The Labute approximate surface area is 113 Å². The zero-order chi connectivity index (χ0) is 13.5. The van der Waals surface area contributed by atoms with Gasteiger partial charge in [-0.25, -0.2) is 0 Å². The average molecular weight is 258 g/mol. The van der Waals surface area contributed by atoms with Crippen molar-refractivity contribution in [2.24, 2.45) is 5.73 Å². The molecule has 0 atom stereocenters. The van der Waals surface area contributed by atoms with Gasteiger partial charge in [-0.3, -0.25) is 4.98 Å². The molecule has 0 saturated carbocycles. The zero-order valence-corrected chi connectivity index (χ0v) is 11.0. The summed E-state index contributed by atoms with van der Waals surface area (Å²) in [5, 5.41) is 0. The first-order valence-corrected chi connectivity index (χ1v) is 6.31. The Balaban J connectivity index is 1.90. The lowest BCUT2D eigenvalue weighted by molar-refractivity contribution is 0.299. The third kappa shape index (κ3) is 3.96. The number of nitrogens with two attached hydrogens (primary N) is 1. The van der Waals surface area contributed by atoms with Crippen molar-refractivity contribution in [3.8, 4) is 11.5 Å². The van der Waals surface area contributed by atoms with Crippen LogP contribution >= 0.6 is 0 Å². The van der Waals surface area contributed by atoms with Crippen molar-refractivity contribution in [3.63, 3.8) is 0 Å². The van der Waals surface area contributed by atoms with E-state index in [1.807, 2.05) is 43.3 Å². The van der Waals surface area contributed by atoms with Gasteiger partial charge in [0, 0.05) is 12.7 Å². The second-order valence-electron chi connectivity index (χ2n) is 4.06. The fourth-order valence-corrected chi connectivity index (χ4v) is 1.62. The summed E-state index contributed by atoms with van der Waals surface area (Å²) in [5.41, 5.74) is 7.42. The molecule has 0 aliphatic carbocycles. The van der Waals surface area contributed by atoms with Crippen LogP contribution in [-0.2, 0) is 13.2 Å². The Bertz CT molecular complexity index is 495. The normalized spacial score (nSPS) is 10.2. The third-order valence-electron chi connectivity index (χ3n) is 2.64. The van der Waals surface area contributed by atoms with E-state index in [0.29, 0.717) is 19.8 Å². The lowest BCUT2D eigenvalue weighted by Crippen LogP contribution is -2.01. The van der Waals surface area contributed by atoms with Gasteiger partial charge >= 0.3 is 0 Å². The molecule has 0 amide bonds. The summed E-state index contributed by atoms with van der Waals surface area (Å²) in [6.45, 7) is 3.57. The fourth-order valence-electron chi connectivity index (χ4n) is 1.62. The molecule has 4 nitrogen and oxygen atoms in total. The van der Waals surface area contributed by atoms with Crippen LogP contribution in [0.3, 0.4) is 0 Å². The van der Waals surface area contributed by atoms with Gasteiger partial charge in [-0.15, -0.1) is 0 Å². The first kappa shape index (κ1) is 13.4. The van der Waals surface area contributed by atoms with Gasteiger partial charge in [0.2, 0.25) is 0 Å². The summed E-state index contributed by atoms with van der Waals surface area (Å²) in [6.07, 6.45) is 1.77. The highest BCUT2D eigenvalue weighted by atomic mass is 16.5. The van der Waals surface area contributed by atoms with Gasteiger partial charge in [0.15, 0.2) is 0 Å². The molecule has 0 unspecified atom stereocenters. The number of hydrogen-bond acceptors (Lipinski definition) is 4. The van der Waals surface area contributed by atoms with Crippen LogP contribution < -0.4 is 15.2 Å². The SMILES string of the molecule is CCOc1ccc(OCc2ccc(CN)cn2)cc1. The van der Waals surface area contributed by atoms with Gasteiger partial charge in [-0.2, -0.15) is 0 Å². The molecule has 100 valence electrons. The summed E-state index contributed by atoms with van der Waals surface area (Å²) in [7, 11) is 0. The van der Waals surface area contributed by atoms with E-state index in [0.717, 1.165) is 22.8 Å². The monoisotopic (exact) mass is 258 g/mol. The molecule has 2 N–H and O–H groups in total. The van der Waals surface area contributed by atoms with Crippen molar-refractivity contribution in [2.45, 2.75) is 20.1 Å². The Morgan fingerprint density at radius 1 is 1.00 bits per heavy atom. The fraction of sp³-hybridized carbons (Fsp3) is 0.267. The smallest absolute Gasteiger partial charge is 0.130 e. The van der Waals surface area contributed by atoms with Crippen molar-refractivity contribution in [2.75, 3.05) is 6.61 Å². The summed E-state index contributed by atoms with van der Waals surface area (Å²) in [4.78, 5) is 4.28. The molecule has 0 aliphatic heterocycles. The standard InChI is InChI=1S/C15H18N2O2/c1-2-18-14-5-7-15(8-6-14)19-11-13-4-3-12(9-16)10-17-13/h3-8,10H,2,9,11,16H2,1H3. The molecule has 0 radical (unpaired) electrons. The minimum absolute atomic E-state index is 0.443.